The molecule has 0 saturated carbocycles. The Morgan fingerprint density at radius 2 is 2.00 bits per heavy atom. The van der Waals surface area contributed by atoms with E-state index in [1.165, 1.54) is 12.1 Å². The zero-order chi connectivity index (χ0) is 15.0. The summed E-state index contributed by atoms with van der Waals surface area (Å²) in [6, 6.07) is 4.62. The number of rotatable bonds is 8. The van der Waals surface area contributed by atoms with Crippen molar-refractivity contribution in [1.29, 1.82) is 0 Å². The number of alkyl halides is 3. The van der Waals surface area contributed by atoms with Crippen LogP contribution in [0.1, 0.15) is 17.2 Å². The Morgan fingerprint density at radius 3 is 2.65 bits per heavy atom. The number of aliphatic hydroxyl groups excluding tert-OH is 2. The number of hydrogen-bond donors (Lipinski definition) is 3. The average Bonchev–Trinajstić information content (AvgIpc) is 2.41. The van der Waals surface area contributed by atoms with E-state index in [-0.39, 0.29) is 25.3 Å². The maximum atomic E-state index is 12.5. The summed E-state index contributed by atoms with van der Waals surface area (Å²) in [6.45, 7) is 1.10. The molecule has 1 aromatic carbocycles. The maximum Gasteiger partial charge on any atom is 0.416 e. The molecular weight excluding hydrogens is 275 g/mol. The van der Waals surface area contributed by atoms with Crippen molar-refractivity contribution in [1.82, 2.24) is 5.32 Å². The van der Waals surface area contributed by atoms with E-state index < -0.39 is 17.8 Å². The van der Waals surface area contributed by atoms with Gasteiger partial charge in [0, 0.05) is 13.1 Å². The molecule has 0 aliphatic carbocycles. The summed E-state index contributed by atoms with van der Waals surface area (Å²) in [5.74, 6) is 0. The topological polar surface area (TPSA) is 61.7 Å². The summed E-state index contributed by atoms with van der Waals surface area (Å²) in [5.41, 5.74) is -0.566. The van der Waals surface area contributed by atoms with Gasteiger partial charge in [-0.3, -0.25) is 0 Å². The van der Waals surface area contributed by atoms with E-state index in [4.69, 9.17) is 9.84 Å². The van der Waals surface area contributed by atoms with Crippen LogP contribution in [-0.2, 0) is 10.9 Å². The van der Waals surface area contributed by atoms with Crippen LogP contribution in [0.5, 0.6) is 0 Å². The van der Waals surface area contributed by atoms with Crippen LogP contribution in [0.15, 0.2) is 24.3 Å². The fraction of sp³-hybridized carbons (Fsp3) is 0.538. The minimum atomic E-state index is -4.42. The number of nitrogens with one attached hydrogen (secondary N) is 1. The number of aliphatic hydroxyl groups is 2. The lowest BCUT2D eigenvalue weighted by atomic mass is 10.1. The highest BCUT2D eigenvalue weighted by Gasteiger charge is 2.30. The molecule has 4 nitrogen and oxygen atoms in total. The van der Waals surface area contributed by atoms with Crippen LogP contribution in [-0.4, -0.2) is 43.1 Å². The lowest BCUT2D eigenvalue weighted by Gasteiger charge is -2.14. The minimum Gasteiger partial charge on any atom is -0.394 e. The molecular formula is C13H18F3NO3. The molecule has 1 atom stereocenters. The number of benzene rings is 1. The monoisotopic (exact) mass is 293 g/mol. The molecule has 3 N–H and O–H groups in total. The Bertz CT molecular complexity index is 399. The third-order valence-electron chi connectivity index (χ3n) is 2.60. The molecule has 0 radical (unpaired) electrons. The molecule has 1 unspecified atom stereocenters. The van der Waals surface area contributed by atoms with Crippen molar-refractivity contribution in [3.8, 4) is 0 Å². The smallest absolute Gasteiger partial charge is 0.394 e. The normalized spacial score (nSPS) is 13.4. The summed E-state index contributed by atoms with van der Waals surface area (Å²) >= 11 is 0. The molecule has 1 rings (SSSR count). The summed E-state index contributed by atoms with van der Waals surface area (Å²) in [5, 5.41) is 21.1. The second-order valence-electron chi connectivity index (χ2n) is 4.18. The van der Waals surface area contributed by atoms with Gasteiger partial charge in [-0.1, -0.05) is 12.1 Å². The predicted molar refractivity (Wildman–Crippen MR) is 67.2 cm³/mol. The van der Waals surface area contributed by atoms with Crippen molar-refractivity contribution < 1.29 is 28.1 Å². The van der Waals surface area contributed by atoms with Gasteiger partial charge < -0.3 is 20.3 Å². The van der Waals surface area contributed by atoms with Crippen molar-refractivity contribution in [3.63, 3.8) is 0 Å². The van der Waals surface area contributed by atoms with Gasteiger partial charge in [0.1, 0.15) is 0 Å². The maximum absolute atomic E-state index is 12.5. The first-order valence-corrected chi connectivity index (χ1v) is 6.19. The molecule has 0 heterocycles. The molecule has 0 aromatic heterocycles. The van der Waals surface area contributed by atoms with Gasteiger partial charge in [-0.2, -0.15) is 13.2 Å². The van der Waals surface area contributed by atoms with Crippen LogP contribution in [0.25, 0.3) is 0 Å². The van der Waals surface area contributed by atoms with Crippen LogP contribution in [0.3, 0.4) is 0 Å². The van der Waals surface area contributed by atoms with Gasteiger partial charge in [0.2, 0.25) is 0 Å². The SMILES string of the molecule is OCCOCCNCC(O)c1cccc(C(F)(F)F)c1. The zero-order valence-corrected chi connectivity index (χ0v) is 10.9. The molecule has 0 aliphatic rings. The molecule has 114 valence electrons. The Labute approximate surface area is 115 Å². The Kier molecular flexibility index (Phi) is 6.94. The summed E-state index contributed by atoms with van der Waals surface area (Å²) in [6.07, 6.45) is -5.43. The minimum absolute atomic E-state index is 0.0626. The number of hydrogen-bond acceptors (Lipinski definition) is 4. The second-order valence-corrected chi connectivity index (χ2v) is 4.18. The molecule has 0 bridgehead atoms. The van der Waals surface area contributed by atoms with Gasteiger partial charge in [0.15, 0.2) is 0 Å². The third-order valence-corrected chi connectivity index (χ3v) is 2.60. The van der Waals surface area contributed by atoms with Crippen molar-refractivity contribution in [3.05, 3.63) is 35.4 Å². The average molecular weight is 293 g/mol. The molecule has 1 aromatic rings. The highest BCUT2D eigenvalue weighted by molar-refractivity contribution is 5.27. The Hall–Kier alpha value is -1.15. The van der Waals surface area contributed by atoms with Crippen LogP contribution in [0.4, 0.5) is 13.2 Å². The highest BCUT2D eigenvalue weighted by atomic mass is 19.4. The highest BCUT2D eigenvalue weighted by Crippen LogP contribution is 2.30. The van der Waals surface area contributed by atoms with E-state index in [0.29, 0.717) is 13.2 Å². The van der Waals surface area contributed by atoms with Crippen LogP contribution < -0.4 is 5.32 Å². The van der Waals surface area contributed by atoms with E-state index in [1.54, 1.807) is 0 Å². The van der Waals surface area contributed by atoms with Gasteiger partial charge >= 0.3 is 6.18 Å². The fourth-order valence-corrected chi connectivity index (χ4v) is 1.59. The van der Waals surface area contributed by atoms with E-state index in [2.05, 4.69) is 5.32 Å². The third kappa shape index (κ3) is 5.87. The van der Waals surface area contributed by atoms with Crippen LogP contribution in [0, 0.1) is 0 Å². The summed E-state index contributed by atoms with van der Waals surface area (Å²) in [4.78, 5) is 0. The Balaban J connectivity index is 2.41. The molecule has 0 amide bonds. The predicted octanol–water partition coefficient (Wildman–Crippen LogP) is 1.34. The summed E-state index contributed by atoms with van der Waals surface area (Å²) < 4.78 is 42.6. The Morgan fingerprint density at radius 1 is 1.25 bits per heavy atom. The molecule has 0 spiro atoms. The fourth-order valence-electron chi connectivity index (χ4n) is 1.59. The van der Waals surface area contributed by atoms with E-state index in [0.717, 1.165) is 12.1 Å². The first kappa shape index (κ1) is 16.9. The van der Waals surface area contributed by atoms with Crippen LogP contribution >= 0.6 is 0 Å². The van der Waals surface area contributed by atoms with Crippen molar-refractivity contribution in [2.75, 3.05) is 32.9 Å². The van der Waals surface area contributed by atoms with Gasteiger partial charge in [-0.25, -0.2) is 0 Å². The van der Waals surface area contributed by atoms with Gasteiger partial charge in [0.05, 0.1) is 31.5 Å². The largest absolute Gasteiger partial charge is 0.416 e. The first-order valence-electron chi connectivity index (χ1n) is 6.19. The van der Waals surface area contributed by atoms with Crippen molar-refractivity contribution in [2.24, 2.45) is 0 Å². The quantitative estimate of drug-likeness (QED) is 0.633. The molecule has 7 heteroatoms. The van der Waals surface area contributed by atoms with Crippen molar-refractivity contribution >= 4 is 0 Å². The standard InChI is InChI=1S/C13H18F3NO3/c14-13(15,16)11-3-1-2-10(8-11)12(19)9-17-4-6-20-7-5-18/h1-3,8,12,17-19H,4-7,9H2. The first-order chi connectivity index (χ1) is 9.45. The zero-order valence-electron chi connectivity index (χ0n) is 10.9. The molecule has 0 aliphatic heterocycles. The van der Waals surface area contributed by atoms with Gasteiger partial charge in [-0.05, 0) is 17.7 Å². The van der Waals surface area contributed by atoms with Crippen molar-refractivity contribution in [2.45, 2.75) is 12.3 Å². The second kappa shape index (κ2) is 8.21. The van der Waals surface area contributed by atoms with Gasteiger partial charge in [0.25, 0.3) is 0 Å². The molecule has 0 fully saturated rings. The van der Waals surface area contributed by atoms with E-state index in [9.17, 15) is 18.3 Å². The van der Waals surface area contributed by atoms with E-state index >= 15 is 0 Å². The number of halogens is 3. The van der Waals surface area contributed by atoms with Crippen LogP contribution in [0.2, 0.25) is 0 Å². The lowest BCUT2D eigenvalue weighted by molar-refractivity contribution is -0.137. The van der Waals surface area contributed by atoms with E-state index in [1.807, 2.05) is 0 Å². The molecule has 0 saturated heterocycles. The van der Waals surface area contributed by atoms with Gasteiger partial charge in [-0.15, -0.1) is 0 Å². The molecule has 20 heavy (non-hydrogen) atoms. The number of ether oxygens (including phenoxy) is 1. The lowest BCUT2D eigenvalue weighted by Crippen LogP contribution is -2.25. The summed E-state index contributed by atoms with van der Waals surface area (Å²) in [7, 11) is 0.